The molecule has 0 bridgehead atoms. The SMILES string of the molecule is Cc1cc(C(F)(F)F)c(C#N)c(SCc2cn3ccccc3c2C#N)n1. The number of halogens is 3. The number of nitriles is 2. The molecule has 3 rings (SSSR count). The van der Waals surface area contributed by atoms with Gasteiger partial charge >= 0.3 is 6.18 Å². The second kappa shape index (κ2) is 6.74. The summed E-state index contributed by atoms with van der Waals surface area (Å²) in [7, 11) is 0. The highest BCUT2D eigenvalue weighted by molar-refractivity contribution is 7.98. The van der Waals surface area contributed by atoms with E-state index in [1.165, 1.54) is 6.92 Å². The lowest BCUT2D eigenvalue weighted by molar-refractivity contribution is -0.138. The fraction of sp³-hybridized carbons (Fsp3) is 0.167. The van der Waals surface area contributed by atoms with Crippen molar-refractivity contribution in [2.75, 3.05) is 0 Å². The number of thioether (sulfide) groups is 1. The van der Waals surface area contributed by atoms with Gasteiger partial charge in [-0.2, -0.15) is 23.7 Å². The van der Waals surface area contributed by atoms with E-state index in [0.717, 1.165) is 23.3 Å². The number of pyridine rings is 2. The van der Waals surface area contributed by atoms with E-state index in [1.807, 2.05) is 6.07 Å². The summed E-state index contributed by atoms with van der Waals surface area (Å²) in [5.74, 6) is 0.229. The molecule has 0 amide bonds. The third-order valence-corrected chi connectivity index (χ3v) is 4.79. The molecule has 3 heterocycles. The highest BCUT2D eigenvalue weighted by Gasteiger charge is 2.35. The Morgan fingerprint density at radius 1 is 1.19 bits per heavy atom. The van der Waals surface area contributed by atoms with Crippen molar-refractivity contribution in [3.05, 3.63) is 64.6 Å². The summed E-state index contributed by atoms with van der Waals surface area (Å²) in [4.78, 5) is 4.09. The third kappa shape index (κ3) is 3.24. The van der Waals surface area contributed by atoms with Crippen LogP contribution in [0, 0.1) is 29.6 Å². The zero-order chi connectivity index (χ0) is 18.9. The maximum Gasteiger partial charge on any atom is 0.417 e. The van der Waals surface area contributed by atoms with Crippen LogP contribution >= 0.6 is 11.8 Å². The molecule has 0 spiro atoms. The molecule has 26 heavy (non-hydrogen) atoms. The fourth-order valence-electron chi connectivity index (χ4n) is 2.64. The van der Waals surface area contributed by atoms with Gasteiger partial charge in [0, 0.05) is 23.8 Å². The molecule has 0 aromatic carbocycles. The first kappa shape index (κ1) is 17.8. The van der Waals surface area contributed by atoms with Crippen LogP contribution < -0.4 is 0 Å². The van der Waals surface area contributed by atoms with E-state index < -0.39 is 17.3 Å². The lowest BCUT2D eigenvalue weighted by Gasteiger charge is -2.12. The summed E-state index contributed by atoms with van der Waals surface area (Å²) in [6.07, 6.45) is -1.08. The first-order chi connectivity index (χ1) is 12.3. The second-order valence-corrected chi connectivity index (χ2v) is 6.49. The van der Waals surface area contributed by atoms with Crippen molar-refractivity contribution >= 4 is 17.3 Å². The van der Waals surface area contributed by atoms with Gasteiger partial charge in [-0.25, -0.2) is 4.98 Å². The predicted octanol–water partition coefficient (Wildman–Crippen LogP) is 4.70. The maximum atomic E-state index is 13.2. The Balaban J connectivity index is 2.00. The van der Waals surface area contributed by atoms with E-state index in [1.54, 1.807) is 35.0 Å². The van der Waals surface area contributed by atoms with E-state index in [2.05, 4.69) is 11.1 Å². The number of nitrogens with zero attached hydrogens (tertiary/aromatic N) is 4. The molecule has 3 aromatic heterocycles. The van der Waals surface area contributed by atoms with E-state index in [0.29, 0.717) is 11.1 Å². The number of alkyl halides is 3. The lowest BCUT2D eigenvalue weighted by Crippen LogP contribution is -2.10. The average molecular weight is 372 g/mol. The number of aryl methyl sites for hydroxylation is 1. The summed E-state index contributed by atoms with van der Waals surface area (Å²) < 4.78 is 41.3. The van der Waals surface area contributed by atoms with Crippen LogP contribution in [0.1, 0.15) is 27.9 Å². The number of hydrogen-bond acceptors (Lipinski definition) is 4. The molecule has 3 aromatic rings. The molecule has 0 aliphatic rings. The first-order valence-corrected chi connectivity index (χ1v) is 8.44. The van der Waals surface area contributed by atoms with Crippen LogP contribution in [0.25, 0.3) is 5.52 Å². The van der Waals surface area contributed by atoms with Crippen molar-refractivity contribution in [2.45, 2.75) is 23.9 Å². The minimum atomic E-state index is -4.63. The van der Waals surface area contributed by atoms with Crippen LogP contribution in [0.15, 0.2) is 41.7 Å². The van der Waals surface area contributed by atoms with Crippen LogP contribution in [0.3, 0.4) is 0 Å². The van der Waals surface area contributed by atoms with Crippen LogP contribution in [-0.2, 0) is 11.9 Å². The molecule has 0 atom stereocenters. The molecule has 0 saturated carbocycles. The van der Waals surface area contributed by atoms with Gasteiger partial charge in [0.2, 0.25) is 0 Å². The quantitative estimate of drug-likeness (QED) is 0.625. The van der Waals surface area contributed by atoms with Gasteiger partial charge in [0.25, 0.3) is 0 Å². The Labute approximate surface area is 151 Å². The summed E-state index contributed by atoms with van der Waals surface area (Å²) in [5.41, 5.74) is 0.554. The number of fused-ring (bicyclic) bond motifs is 1. The highest BCUT2D eigenvalue weighted by atomic mass is 32.2. The molecule has 130 valence electrons. The molecule has 8 heteroatoms. The molecule has 0 aliphatic carbocycles. The second-order valence-electron chi connectivity index (χ2n) is 5.52. The molecule has 0 N–H and O–H groups in total. The topological polar surface area (TPSA) is 64.9 Å². The maximum absolute atomic E-state index is 13.2. The van der Waals surface area contributed by atoms with E-state index >= 15 is 0 Å². The summed E-state index contributed by atoms with van der Waals surface area (Å²) in [5, 5.41) is 18.6. The molecule has 0 unspecified atom stereocenters. The van der Waals surface area contributed by atoms with Gasteiger partial charge in [0.1, 0.15) is 17.2 Å². The zero-order valence-corrected chi connectivity index (χ0v) is 14.3. The van der Waals surface area contributed by atoms with Gasteiger partial charge in [-0.05, 0) is 30.7 Å². The van der Waals surface area contributed by atoms with Gasteiger partial charge in [0.05, 0.1) is 22.2 Å². The first-order valence-electron chi connectivity index (χ1n) is 7.45. The minimum Gasteiger partial charge on any atom is -0.322 e. The van der Waals surface area contributed by atoms with Crippen LogP contribution in [0.4, 0.5) is 13.2 Å². The molecular formula is C18H11F3N4S. The van der Waals surface area contributed by atoms with Crippen molar-refractivity contribution in [3.63, 3.8) is 0 Å². The predicted molar refractivity (Wildman–Crippen MR) is 90.4 cm³/mol. The minimum absolute atomic E-state index is 0.0129. The standard InChI is InChI=1S/C18H11F3N4S/c1-11-6-15(18(19,20)21)14(8-23)17(24-11)26-10-12-9-25-5-3-2-4-16(25)13(12)7-22/h2-6,9H,10H2,1H3. The Morgan fingerprint density at radius 2 is 1.92 bits per heavy atom. The van der Waals surface area contributed by atoms with E-state index in [4.69, 9.17) is 0 Å². The fourth-order valence-corrected chi connectivity index (χ4v) is 3.66. The number of hydrogen-bond donors (Lipinski definition) is 0. The molecule has 4 nitrogen and oxygen atoms in total. The largest absolute Gasteiger partial charge is 0.417 e. The van der Waals surface area contributed by atoms with Crippen molar-refractivity contribution in [1.82, 2.24) is 9.38 Å². The number of aromatic nitrogens is 2. The van der Waals surface area contributed by atoms with Gasteiger partial charge in [-0.3, -0.25) is 0 Å². The summed E-state index contributed by atoms with van der Waals surface area (Å²) in [6.45, 7) is 1.45. The van der Waals surface area contributed by atoms with Crippen LogP contribution in [0.2, 0.25) is 0 Å². The molecule has 0 fully saturated rings. The summed E-state index contributed by atoms with van der Waals surface area (Å²) >= 11 is 1.02. The van der Waals surface area contributed by atoms with E-state index in [-0.39, 0.29) is 16.5 Å². The Morgan fingerprint density at radius 3 is 2.58 bits per heavy atom. The van der Waals surface area contributed by atoms with Crippen molar-refractivity contribution in [1.29, 1.82) is 10.5 Å². The zero-order valence-electron chi connectivity index (χ0n) is 13.5. The summed E-state index contributed by atoms with van der Waals surface area (Å²) in [6, 6.07) is 10.0. The van der Waals surface area contributed by atoms with Crippen LogP contribution in [0.5, 0.6) is 0 Å². The van der Waals surface area contributed by atoms with Gasteiger partial charge in [-0.1, -0.05) is 6.07 Å². The van der Waals surface area contributed by atoms with Crippen LogP contribution in [-0.4, -0.2) is 9.38 Å². The van der Waals surface area contributed by atoms with E-state index in [9.17, 15) is 23.7 Å². The smallest absolute Gasteiger partial charge is 0.322 e. The molecular weight excluding hydrogens is 361 g/mol. The molecule has 0 aliphatic heterocycles. The Hall–Kier alpha value is -2.97. The van der Waals surface area contributed by atoms with Crippen molar-refractivity contribution in [3.8, 4) is 12.1 Å². The van der Waals surface area contributed by atoms with Crippen molar-refractivity contribution in [2.24, 2.45) is 0 Å². The normalized spacial score (nSPS) is 11.3. The number of rotatable bonds is 3. The van der Waals surface area contributed by atoms with Gasteiger partial charge in [0.15, 0.2) is 0 Å². The van der Waals surface area contributed by atoms with Gasteiger partial charge < -0.3 is 4.40 Å². The third-order valence-electron chi connectivity index (χ3n) is 3.77. The molecule has 0 radical (unpaired) electrons. The lowest BCUT2D eigenvalue weighted by atomic mass is 10.1. The Bertz CT molecular complexity index is 1070. The van der Waals surface area contributed by atoms with Gasteiger partial charge in [-0.15, -0.1) is 11.8 Å². The highest BCUT2D eigenvalue weighted by Crippen LogP contribution is 2.37. The van der Waals surface area contributed by atoms with Crippen molar-refractivity contribution < 1.29 is 13.2 Å². The Kier molecular flexibility index (Phi) is 4.62. The monoisotopic (exact) mass is 372 g/mol. The average Bonchev–Trinajstić information content (AvgIpc) is 2.96. The molecule has 0 saturated heterocycles.